The van der Waals surface area contributed by atoms with Gasteiger partial charge >= 0.3 is 10.4 Å². The molecule has 14 heavy (non-hydrogen) atoms. The van der Waals surface area contributed by atoms with Crippen LogP contribution in [-0.2, 0) is 19.0 Å². The zero-order valence-electron chi connectivity index (χ0n) is 7.55. The molecule has 0 amide bonds. The summed E-state index contributed by atoms with van der Waals surface area (Å²) in [6, 6.07) is 10.4. The first-order valence-corrected chi connectivity index (χ1v) is 6.51. The van der Waals surface area contributed by atoms with Gasteiger partial charge in [0.05, 0.1) is 7.11 Å². The highest BCUT2D eigenvalue weighted by molar-refractivity contribution is 14.1. The van der Waals surface area contributed by atoms with Crippen LogP contribution in [0.4, 0.5) is 0 Å². The zero-order chi connectivity index (χ0) is 11.0. The lowest BCUT2D eigenvalue weighted by atomic mass is 10.2. The molecule has 0 atom stereocenters. The van der Waals surface area contributed by atoms with Gasteiger partial charge in [0, 0.05) is 4.43 Å². The highest BCUT2D eigenvalue weighted by Crippen LogP contribution is 2.02. The van der Waals surface area contributed by atoms with Gasteiger partial charge in [0.1, 0.15) is 0 Å². The van der Waals surface area contributed by atoms with E-state index in [9.17, 15) is 8.42 Å². The molecule has 0 aliphatic rings. The van der Waals surface area contributed by atoms with Crippen LogP contribution in [0.3, 0.4) is 0 Å². The molecule has 1 N–H and O–H groups in total. The van der Waals surface area contributed by atoms with Crippen LogP contribution < -0.4 is 0 Å². The molecule has 0 aliphatic carbocycles. The molecular weight excluding hydrogens is 319 g/mol. The van der Waals surface area contributed by atoms with Crippen molar-refractivity contribution in [2.24, 2.45) is 0 Å². The fraction of sp³-hybridized carbons (Fsp3) is 0.250. The molecule has 0 unspecified atom stereocenters. The van der Waals surface area contributed by atoms with Crippen molar-refractivity contribution in [3.8, 4) is 0 Å². The Labute approximate surface area is 97.4 Å². The van der Waals surface area contributed by atoms with Crippen LogP contribution in [0.25, 0.3) is 0 Å². The van der Waals surface area contributed by atoms with Crippen molar-refractivity contribution in [2.75, 3.05) is 7.11 Å². The molecule has 0 saturated carbocycles. The molecule has 0 heterocycles. The summed E-state index contributed by atoms with van der Waals surface area (Å²) in [5.41, 5.74) is 1.40. The Morgan fingerprint density at radius 2 is 1.79 bits per heavy atom. The molecule has 1 aromatic carbocycles. The van der Waals surface area contributed by atoms with Gasteiger partial charge in [0.15, 0.2) is 0 Å². The molecule has 1 aromatic rings. The van der Waals surface area contributed by atoms with Crippen LogP contribution in [0, 0.1) is 0 Å². The zero-order valence-corrected chi connectivity index (χ0v) is 10.5. The van der Waals surface area contributed by atoms with Crippen LogP contribution >= 0.6 is 22.6 Å². The number of halogens is 1. The lowest BCUT2D eigenvalue weighted by Crippen LogP contribution is -1.96. The van der Waals surface area contributed by atoms with Crippen molar-refractivity contribution < 1.29 is 17.2 Å². The molecule has 1 rings (SSSR count). The molecule has 0 spiro atoms. The summed E-state index contributed by atoms with van der Waals surface area (Å²) in [5.74, 6) is 0. The Morgan fingerprint density at radius 1 is 1.36 bits per heavy atom. The van der Waals surface area contributed by atoms with Gasteiger partial charge in [-0.05, 0) is 5.56 Å². The van der Waals surface area contributed by atoms with E-state index < -0.39 is 10.4 Å². The lowest BCUT2D eigenvalue weighted by Gasteiger charge is -1.88. The first-order valence-electron chi connectivity index (χ1n) is 3.62. The number of hydrogen-bond donors (Lipinski definition) is 1. The summed E-state index contributed by atoms with van der Waals surface area (Å²) >= 11 is 2.35. The average Bonchev–Trinajstić information content (AvgIpc) is 2.19. The van der Waals surface area contributed by atoms with Gasteiger partial charge in [0.25, 0.3) is 0 Å². The average molecular weight is 330 g/mol. The second kappa shape index (κ2) is 7.16. The summed E-state index contributed by atoms with van der Waals surface area (Å²) in [4.78, 5) is 0. The maximum Gasteiger partial charge on any atom is 0.397 e. The van der Waals surface area contributed by atoms with E-state index in [0.29, 0.717) is 0 Å². The SMILES string of the molecule is COS(=O)(=O)O.ICc1ccccc1. The van der Waals surface area contributed by atoms with Gasteiger partial charge in [0.2, 0.25) is 0 Å². The van der Waals surface area contributed by atoms with Gasteiger partial charge in [-0.25, -0.2) is 0 Å². The first kappa shape index (κ1) is 13.8. The number of rotatable bonds is 2. The molecule has 4 nitrogen and oxygen atoms in total. The molecule has 0 aromatic heterocycles. The fourth-order valence-electron chi connectivity index (χ4n) is 0.567. The molecular formula is C8H11IO4S. The quantitative estimate of drug-likeness (QED) is 0.512. The largest absolute Gasteiger partial charge is 0.397 e. The van der Waals surface area contributed by atoms with E-state index in [1.807, 2.05) is 6.07 Å². The minimum Gasteiger partial charge on any atom is -0.264 e. The van der Waals surface area contributed by atoms with Crippen molar-refractivity contribution >= 4 is 33.0 Å². The van der Waals surface area contributed by atoms with Gasteiger partial charge in [-0.2, -0.15) is 8.42 Å². The first-order chi connectivity index (χ1) is 6.49. The van der Waals surface area contributed by atoms with Crippen molar-refractivity contribution in [1.82, 2.24) is 0 Å². The summed E-state index contributed by atoms with van der Waals surface area (Å²) < 4.78 is 30.8. The molecule has 6 heteroatoms. The summed E-state index contributed by atoms with van der Waals surface area (Å²) in [6.45, 7) is 0. The Kier molecular flexibility index (Phi) is 7.06. The van der Waals surface area contributed by atoms with Gasteiger partial charge < -0.3 is 0 Å². The van der Waals surface area contributed by atoms with Crippen molar-refractivity contribution in [3.05, 3.63) is 35.9 Å². The van der Waals surface area contributed by atoms with E-state index in [4.69, 9.17) is 4.55 Å². The summed E-state index contributed by atoms with van der Waals surface area (Å²) in [6.07, 6.45) is 0. The van der Waals surface area contributed by atoms with Crippen LogP contribution in [0.15, 0.2) is 30.3 Å². The van der Waals surface area contributed by atoms with E-state index in [1.165, 1.54) is 5.56 Å². The predicted octanol–water partition coefficient (Wildman–Crippen LogP) is 2.06. The lowest BCUT2D eigenvalue weighted by molar-refractivity contribution is 0.324. The number of hydrogen-bond acceptors (Lipinski definition) is 3. The molecule has 0 bridgehead atoms. The second-order valence-corrected chi connectivity index (χ2v) is 4.17. The van der Waals surface area contributed by atoms with E-state index in [0.717, 1.165) is 11.5 Å². The Morgan fingerprint density at radius 3 is 2.00 bits per heavy atom. The number of benzene rings is 1. The third kappa shape index (κ3) is 8.42. The van der Waals surface area contributed by atoms with Gasteiger partial charge in [-0.3, -0.25) is 8.74 Å². The minimum absolute atomic E-state index is 0.870. The fourth-order valence-corrected chi connectivity index (χ4v) is 1.08. The van der Waals surface area contributed by atoms with Crippen molar-refractivity contribution in [3.63, 3.8) is 0 Å². The maximum absolute atomic E-state index is 9.33. The summed E-state index contributed by atoms with van der Waals surface area (Å²) in [5, 5.41) is 0. The second-order valence-electron chi connectivity index (χ2n) is 2.21. The predicted molar refractivity (Wildman–Crippen MR) is 62.7 cm³/mol. The van der Waals surface area contributed by atoms with E-state index in [1.54, 1.807) is 0 Å². The normalized spacial score (nSPS) is 10.2. The molecule has 0 radical (unpaired) electrons. The third-order valence-electron chi connectivity index (χ3n) is 1.21. The standard InChI is InChI=1S/C7H7I.CH4O4S/c8-6-7-4-2-1-3-5-7;1-5-6(2,3)4/h1-5H,6H2;1H3,(H,2,3,4). The van der Waals surface area contributed by atoms with Crippen LogP contribution in [-0.4, -0.2) is 20.1 Å². The Balaban J connectivity index is 0.000000255. The molecule has 80 valence electrons. The molecule has 0 aliphatic heterocycles. The number of alkyl halides is 1. The molecule has 0 fully saturated rings. The maximum atomic E-state index is 9.33. The summed E-state index contributed by atoms with van der Waals surface area (Å²) in [7, 11) is -3.29. The highest BCUT2D eigenvalue weighted by atomic mass is 127. The molecule has 0 saturated heterocycles. The van der Waals surface area contributed by atoms with Gasteiger partial charge in [-0.1, -0.05) is 52.9 Å². The highest BCUT2D eigenvalue weighted by Gasteiger charge is 1.94. The van der Waals surface area contributed by atoms with Crippen LogP contribution in [0.5, 0.6) is 0 Å². The van der Waals surface area contributed by atoms with Gasteiger partial charge in [-0.15, -0.1) is 0 Å². The van der Waals surface area contributed by atoms with E-state index >= 15 is 0 Å². The van der Waals surface area contributed by atoms with E-state index in [-0.39, 0.29) is 0 Å². The topological polar surface area (TPSA) is 63.6 Å². The van der Waals surface area contributed by atoms with Crippen LogP contribution in [0.2, 0.25) is 0 Å². The van der Waals surface area contributed by atoms with E-state index in [2.05, 4.69) is 51.0 Å². The monoisotopic (exact) mass is 330 g/mol. The smallest absolute Gasteiger partial charge is 0.264 e. The Bertz CT molecular complexity index is 336. The Hall–Kier alpha value is -0.180. The van der Waals surface area contributed by atoms with Crippen molar-refractivity contribution in [2.45, 2.75) is 4.43 Å². The minimum atomic E-state index is -4.16. The van der Waals surface area contributed by atoms with Crippen molar-refractivity contribution in [1.29, 1.82) is 0 Å². The van der Waals surface area contributed by atoms with Crippen LogP contribution in [0.1, 0.15) is 5.56 Å². The third-order valence-corrected chi connectivity index (χ3v) is 2.51.